The quantitative estimate of drug-likeness (QED) is 0.861. The second-order valence-electron chi connectivity index (χ2n) is 3.61. The van der Waals surface area contributed by atoms with Crippen LogP contribution in [0.25, 0.3) is 0 Å². The average molecular weight is 285 g/mol. The first kappa shape index (κ1) is 12.9. The van der Waals surface area contributed by atoms with Gasteiger partial charge in [0.05, 0.1) is 0 Å². The molecule has 0 unspecified atom stereocenters. The number of nitrogens with zero attached hydrogens (tertiary/aromatic N) is 1. The van der Waals surface area contributed by atoms with Crippen LogP contribution in [-0.2, 0) is 16.6 Å². The molecule has 2 N–H and O–H groups in total. The Bertz CT molecular complexity index is 689. The van der Waals surface area contributed by atoms with Crippen molar-refractivity contribution in [2.75, 3.05) is 0 Å². The topological polar surface area (TPSA) is 91.9 Å². The molecule has 0 aliphatic carbocycles. The van der Waals surface area contributed by atoms with Crippen LogP contribution in [0.1, 0.15) is 11.3 Å². The third-order valence-corrected chi connectivity index (χ3v) is 5.25. The molecule has 0 radical (unpaired) electrons. The van der Waals surface area contributed by atoms with Gasteiger partial charge in [-0.3, -0.25) is 9.78 Å². The summed E-state index contributed by atoms with van der Waals surface area (Å²) in [6, 6.07) is 3.43. The van der Waals surface area contributed by atoms with Crippen LogP contribution in [-0.4, -0.2) is 18.4 Å². The summed E-state index contributed by atoms with van der Waals surface area (Å²) in [6.07, 6.45) is 3.17. The van der Waals surface area contributed by atoms with Crippen molar-refractivity contribution >= 4 is 21.4 Å². The molecule has 0 fully saturated rings. The first-order valence-electron chi connectivity index (χ1n) is 5.07. The van der Waals surface area contributed by atoms with Crippen molar-refractivity contribution < 1.29 is 8.42 Å². The van der Waals surface area contributed by atoms with Crippen LogP contribution in [0.3, 0.4) is 0 Å². The minimum atomic E-state index is -3.65. The van der Waals surface area contributed by atoms with E-state index < -0.39 is 10.0 Å². The predicted octanol–water partition coefficient (Wildman–Crippen LogP) is 0.618. The molecule has 2 aromatic rings. The summed E-state index contributed by atoms with van der Waals surface area (Å²) in [6.45, 7) is 1.72. The van der Waals surface area contributed by atoms with E-state index in [9.17, 15) is 13.2 Å². The van der Waals surface area contributed by atoms with E-state index in [0.29, 0.717) is 17.0 Å². The van der Waals surface area contributed by atoms with Crippen molar-refractivity contribution in [3.05, 3.63) is 45.5 Å². The molecule has 96 valence electrons. The van der Waals surface area contributed by atoms with Crippen molar-refractivity contribution in [2.24, 2.45) is 0 Å². The number of aryl methyl sites for hydroxylation is 1. The van der Waals surface area contributed by atoms with Crippen molar-refractivity contribution in [1.29, 1.82) is 0 Å². The van der Waals surface area contributed by atoms with Crippen LogP contribution in [0.15, 0.2) is 33.5 Å². The number of nitrogens with one attached hydrogen (secondary N) is 2. The molecule has 0 spiro atoms. The lowest BCUT2D eigenvalue weighted by molar-refractivity contribution is 0.582. The Morgan fingerprint density at radius 1 is 1.39 bits per heavy atom. The van der Waals surface area contributed by atoms with Gasteiger partial charge >= 0.3 is 4.87 Å². The molecule has 18 heavy (non-hydrogen) atoms. The van der Waals surface area contributed by atoms with Gasteiger partial charge in [-0.15, -0.1) is 0 Å². The molecule has 0 aliphatic heterocycles. The lowest BCUT2D eigenvalue weighted by atomic mass is 10.3. The highest BCUT2D eigenvalue weighted by Gasteiger charge is 2.19. The second kappa shape index (κ2) is 5.01. The minimum Gasteiger partial charge on any atom is -0.315 e. The maximum atomic E-state index is 12.0. The molecule has 0 aliphatic rings. The van der Waals surface area contributed by atoms with Gasteiger partial charge in [0.25, 0.3) is 10.0 Å². The molecular weight excluding hydrogens is 274 g/mol. The molecule has 0 saturated heterocycles. The van der Waals surface area contributed by atoms with Crippen molar-refractivity contribution in [3.63, 3.8) is 0 Å². The number of thiazole rings is 1. The summed E-state index contributed by atoms with van der Waals surface area (Å²) >= 11 is 0.683. The van der Waals surface area contributed by atoms with Crippen molar-refractivity contribution in [3.8, 4) is 0 Å². The number of pyridine rings is 1. The van der Waals surface area contributed by atoms with E-state index in [2.05, 4.69) is 14.7 Å². The van der Waals surface area contributed by atoms with E-state index in [0.717, 1.165) is 5.56 Å². The summed E-state index contributed by atoms with van der Waals surface area (Å²) in [5.41, 5.74) is 1.15. The largest absolute Gasteiger partial charge is 0.315 e. The number of aromatic nitrogens is 2. The molecule has 0 amide bonds. The summed E-state index contributed by atoms with van der Waals surface area (Å²) in [5, 5.41) is 0. The first-order chi connectivity index (χ1) is 8.49. The van der Waals surface area contributed by atoms with E-state index in [1.807, 2.05) is 0 Å². The van der Waals surface area contributed by atoms with Crippen LogP contribution in [0.4, 0.5) is 0 Å². The molecule has 6 nitrogen and oxygen atoms in total. The number of hydrogen-bond acceptors (Lipinski definition) is 5. The Kier molecular flexibility index (Phi) is 3.60. The van der Waals surface area contributed by atoms with Gasteiger partial charge in [-0.25, -0.2) is 13.1 Å². The number of sulfonamides is 1. The summed E-state index contributed by atoms with van der Waals surface area (Å²) < 4.78 is 26.4. The van der Waals surface area contributed by atoms with Gasteiger partial charge in [-0.1, -0.05) is 11.3 Å². The third kappa shape index (κ3) is 2.84. The van der Waals surface area contributed by atoms with Gasteiger partial charge in [0.2, 0.25) is 0 Å². The van der Waals surface area contributed by atoms with Gasteiger partial charge in [0, 0.05) is 24.6 Å². The molecule has 0 atom stereocenters. The normalized spacial score (nSPS) is 11.6. The van der Waals surface area contributed by atoms with Gasteiger partial charge in [0.1, 0.15) is 0 Å². The highest BCUT2D eigenvalue weighted by molar-refractivity contribution is 7.91. The van der Waals surface area contributed by atoms with E-state index >= 15 is 0 Å². The Balaban J connectivity index is 2.18. The fraction of sp³-hybridized carbons (Fsp3) is 0.200. The minimum absolute atomic E-state index is 0.0292. The number of H-pyrrole nitrogens is 1. The van der Waals surface area contributed by atoms with Crippen molar-refractivity contribution in [1.82, 2.24) is 14.7 Å². The zero-order chi connectivity index (χ0) is 13.2. The Labute approximate surface area is 108 Å². The Hall–Kier alpha value is -1.51. The fourth-order valence-corrected chi connectivity index (χ4v) is 3.75. The zero-order valence-corrected chi connectivity index (χ0v) is 11.1. The maximum Gasteiger partial charge on any atom is 0.305 e. The maximum absolute atomic E-state index is 12.0. The summed E-state index contributed by atoms with van der Waals surface area (Å²) in [5.74, 6) is 0. The van der Waals surface area contributed by atoms with Gasteiger partial charge in [-0.2, -0.15) is 0 Å². The fourth-order valence-electron chi connectivity index (χ4n) is 1.39. The molecule has 2 rings (SSSR count). The molecule has 0 bridgehead atoms. The van der Waals surface area contributed by atoms with Crippen LogP contribution >= 0.6 is 11.3 Å². The smallest absolute Gasteiger partial charge is 0.305 e. The number of hydrogen-bond donors (Lipinski definition) is 2. The van der Waals surface area contributed by atoms with Crippen LogP contribution < -0.4 is 9.60 Å². The summed E-state index contributed by atoms with van der Waals surface area (Å²) in [4.78, 5) is 17.0. The Morgan fingerprint density at radius 2 is 2.06 bits per heavy atom. The zero-order valence-electron chi connectivity index (χ0n) is 9.50. The number of rotatable bonds is 4. The lowest BCUT2D eigenvalue weighted by Crippen LogP contribution is -2.23. The molecule has 0 aromatic carbocycles. The van der Waals surface area contributed by atoms with E-state index in [1.54, 1.807) is 31.5 Å². The molecule has 2 aromatic heterocycles. The van der Waals surface area contributed by atoms with E-state index in [4.69, 9.17) is 0 Å². The van der Waals surface area contributed by atoms with E-state index in [-0.39, 0.29) is 15.6 Å². The SMILES string of the molecule is Cc1[nH]c(=O)sc1S(=O)(=O)NCc1ccncc1. The highest BCUT2D eigenvalue weighted by atomic mass is 32.2. The van der Waals surface area contributed by atoms with Gasteiger partial charge in [0.15, 0.2) is 4.21 Å². The average Bonchev–Trinajstić information content (AvgIpc) is 2.68. The number of aromatic amines is 1. The van der Waals surface area contributed by atoms with Crippen molar-refractivity contribution in [2.45, 2.75) is 17.7 Å². The van der Waals surface area contributed by atoms with Crippen LogP contribution in [0.2, 0.25) is 0 Å². The lowest BCUT2D eigenvalue weighted by Gasteiger charge is -2.05. The van der Waals surface area contributed by atoms with E-state index in [1.165, 1.54) is 0 Å². The molecular formula is C10H11N3O3S2. The Morgan fingerprint density at radius 3 is 2.61 bits per heavy atom. The standard InChI is InChI=1S/C10H11N3O3S2/c1-7-9(17-10(14)13-7)18(15,16)12-6-8-2-4-11-5-3-8/h2-5,12H,6H2,1H3,(H,13,14). The molecule has 8 heteroatoms. The molecule has 0 saturated carbocycles. The van der Waals surface area contributed by atoms with Gasteiger partial charge in [-0.05, 0) is 24.6 Å². The second-order valence-corrected chi connectivity index (χ2v) is 6.55. The summed E-state index contributed by atoms with van der Waals surface area (Å²) in [7, 11) is -3.65. The third-order valence-electron chi connectivity index (χ3n) is 2.24. The van der Waals surface area contributed by atoms with Crippen LogP contribution in [0.5, 0.6) is 0 Å². The predicted molar refractivity (Wildman–Crippen MR) is 67.9 cm³/mol. The molecule has 2 heterocycles. The van der Waals surface area contributed by atoms with Crippen LogP contribution in [0, 0.1) is 6.92 Å². The van der Waals surface area contributed by atoms with Gasteiger partial charge < -0.3 is 4.98 Å². The first-order valence-corrected chi connectivity index (χ1v) is 7.37. The monoisotopic (exact) mass is 285 g/mol. The highest BCUT2D eigenvalue weighted by Crippen LogP contribution is 2.15.